The highest BCUT2D eigenvalue weighted by Gasteiger charge is 2.37. The Morgan fingerprint density at radius 2 is 1.68 bits per heavy atom. The van der Waals surface area contributed by atoms with Crippen LogP contribution in [0.4, 0.5) is 0 Å². The molecule has 0 aliphatic heterocycles. The minimum atomic E-state index is -0.848. The fourth-order valence-electron chi connectivity index (χ4n) is 3.12. The molecule has 2 aromatic carbocycles. The van der Waals surface area contributed by atoms with Crippen LogP contribution in [-0.4, -0.2) is 25.0 Å². The Labute approximate surface area is 147 Å². The van der Waals surface area contributed by atoms with Gasteiger partial charge in [0.15, 0.2) is 0 Å². The number of hydrogen-bond acceptors (Lipinski definition) is 3. The molecule has 1 heterocycles. The number of rotatable bonds is 5. The number of nitrogens with one attached hydrogen (secondary N) is 1. The van der Waals surface area contributed by atoms with Crippen molar-refractivity contribution in [3.63, 3.8) is 0 Å². The number of aromatic nitrogens is 1. The first-order chi connectivity index (χ1) is 12.2. The molecule has 1 amide bonds. The summed E-state index contributed by atoms with van der Waals surface area (Å²) in [6.45, 7) is 0. The van der Waals surface area contributed by atoms with Crippen molar-refractivity contribution in [1.82, 2.24) is 10.3 Å². The van der Waals surface area contributed by atoms with Crippen LogP contribution in [0.2, 0.25) is 0 Å². The van der Waals surface area contributed by atoms with E-state index in [0.29, 0.717) is 5.56 Å². The van der Waals surface area contributed by atoms with Crippen molar-refractivity contribution < 1.29 is 9.53 Å². The number of hydrogen-bond donors (Lipinski definition) is 1. The van der Waals surface area contributed by atoms with E-state index >= 15 is 0 Å². The van der Waals surface area contributed by atoms with Gasteiger partial charge in [-0.3, -0.25) is 9.78 Å². The maximum atomic E-state index is 12.1. The number of pyridine rings is 1. The van der Waals surface area contributed by atoms with Gasteiger partial charge >= 0.3 is 0 Å². The molecule has 0 spiro atoms. The smallest absolute Gasteiger partial charge is 0.251 e. The van der Waals surface area contributed by atoms with E-state index in [9.17, 15) is 4.79 Å². The second kappa shape index (κ2) is 7.28. The number of ether oxygens (including phenoxy) is 1. The fourth-order valence-corrected chi connectivity index (χ4v) is 3.12. The molecule has 4 heteroatoms. The standard InChI is InChI=1S/C21H20N2O2/c1-22-20(24)16-8-6-11-18(14-16)21(25-2,17-9-4-3-5-10-17)19-12-7-13-23-15-19/h3-15H,1-2H3,(H,22,24). The molecule has 0 bridgehead atoms. The van der Waals surface area contributed by atoms with E-state index in [2.05, 4.69) is 10.3 Å². The van der Waals surface area contributed by atoms with Crippen LogP contribution < -0.4 is 5.32 Å². The Morgan fingerprint density at radius 1 is 0.960 bits per heavy atom. The zero-order valence-corrected chi connectivity index (χ0v) is 14.3. The van der Waals surface area contributed by atoms with Gasteiger partial charge in [-0.05, 0) is 29.3 Å². The van der Waals surface area contributed by atoms with Crippen LogP contribution in [0.1, 0.15) is 27.0 Å². The lowest BCUT2D eigenvalue weighted by Gasteiger charge is -2.34. The molecular formula is C21H20N2O2. The van der Waals surface area contributed by atoms with E-state index in [-0.39, 0.29) is 5.91 Å². The second-order valence-corrected chi connectivity index (χ2v) is 5.65. The Balaban J connectivity index is 2.27. The first-order valence-electron chi connectivity index (χ1n) is 8.06. The molecule has 0 saturated carbocycles. The molecule has 25 heavy (non-hydrogen) atoms. The molecule has 0 aliphatic rings. The van der Waals surface area contributed by atoms with E-state index in [1.807, 2.05) is 60.7 Å². The summed E-state index contributed by atoms with van der Waals surface area (Å²) in [6.07, 6.45) is 3.53. The number of amides is 1. The number of methoxy groups -OCH3 is 1. The van der Waals surface area contributed by atoms with Crippen molar-refractivity contribution in [1.29, 1.82) is 0 Å². The summed E-state index contributed by atoms with van der Waals surface area (Å²) in [5.41, 5.74) is 2.48. The second-order valence-electron chi connectivity index (χ2n) is 5.65. The van der Waals surface area contributed by atoms with Gasteiger partial charge in [0.2, 0.25) is 0 Å². The van der Waals surface area contributed by atoms with Gasteiger partial charge < -0.3 is 10.1 Å². The van der Waals surface area contributed by atoms with Crippen LogP contribution in [0, 0.1) is 0 Å². The van der Waals surface area contributed by atoms with E-state index in [1.165, 1.54) is 0 Å². The highest BCUT2D eigenvalue weighted by atomic mass is 16.5. The van der Waals surface area contributed by atoms with E-state index in [1.54, 1.807) is 32.6 Å². The lowest BCUT2D eigenvalue weighted by atomic mass is 9.80. The minimum Gasteiger partial charge on any atom is -0.364 e. The van der Waals surface area contributed by atoms with Crippen LogP contribution in [-0.2, 0) is 10.3 Å². The third-order valence-corrected chi connectivity index (χ3v) is 4.31. The first kappa shape index (κ1) is 16.9. The van der Waals surface area contributed by atoms with Crippen LogP contribution >= 0.6 is 0 Å². The average Bonchev–Trinajstić information content (AvgIpc) is 2.70. The van der Waals surface area contributed by atoms with Crippen molar-refractivity contribution in [2.45, 2.75) is 5.60 Å². The fraction of sp³-hybridized carbons (Fsp3) is 0.143. The Bertz CT molecular complexity index is 809. The topological polar surface area (TPSA) is 51.2 Å². The highest BCUT2D eigenvalue weighted by molar-refractivity contribution is 5.94. The summed E-state index contributed by atoms with van der Waals surface area (Å²) >= 11 is 0. The third kappa shape index (κ3) is 3.04. The van der Waals surface area contributed by atoms with Crippen LogP contribution in [0.25, 0.3) is 0 Å². The molecule has 3 aromatic rings. The molecule has 1 aromatic heterocycles. The summed E-state index contributed by atoms with van der Waals surface area (Å²) < 4.78 is 6.09. The van der Waals surface area contributed by atoms with Gasteiger partial charge in [-0.2, -0.15) is 0 Å². The van der Waals surface area contributed by atoms with Gasteiger partial charge in [0, 0.05) is 37.7 Å². The van der Waals surface area contributed by atoms with Crippen molar-refractivity contribution in [2.75, 3.05) is 14.2 Å². The Hall–Kier alpha value is -2.98. The molecule has 3 rings (SSSR count). The molecule has 0 saturated heterocycles. The summed E-state index contributed by atoms with van der Waals surface area (Å²) in [6, 6.07) is 21.3. The summed E-state index contributed by atoms with van der Waals surface area (Å²) in [5, 5.41) is 2.67. The Morgan fingerprint density at radius 3 is 2.32 bits per heavy atom. The molecule has 0 aliphatic carbocycles. The number of carbonyl (C=O) groups excluding carboxylic acids is 1. The molecule has 1 atom stereocenters. The predicted octanol–water partition coefficient (Wildman–Crippen LogP) is 3.38. The molecule has 1 unspecified atom stereocenters. The molecule has 4 nitrogen and oxygen atoms in total. The molecule has 0 fully saturated rings. The molecular weight excluding hydrogens is 312 g/mol. The summed E-state index contributed by atoms with van der Waals surface area (Å²) in [4.78, 5) is 16.4. The van der Waals surface area contributed by atoms with Crippen LogP contribution in [0.3, 0.4) is 0 Å². The van der Waals surface area contributed by atoms with E-state index in [0.717, 1.165) is 16.7 Å². The maximum absolute atomic E-state index is 12.1. The normalized spacial score (nSPS) is 13.0. The zero-order valence-electron chi connectivity index (χ0n) is 14.3. The van der Waals surface area contributed by atoms with Gasteiger partial charge in [-0.25, -0.2) is 0 Å². The SMILES string of the molecule is CNC(=O)c1cccc(C(OC)(c2ccccc2)c2cccnc2)c1. The summed E-state index contributed by atoms with van der Waals surface area (Å²) in [5.74, 6) is -0.133. The minimum absolute atomic E-state index is 0.133. The molecule has 0 radical (unpaired) electrons. The first-order valence-corrected chi connectivity index (χ1v) is 8.06. The lowest BCUT2D eigenvalue weighted by Crippen LogP contribution is -2.32. The lowest BCUT2D eigenvalue weighted by molar-refractivity contribution is 0.0581. The van der Waals surface area contributed by atoms with Gasteiger partial charge in [-0.1, -0.05) is 48.5 Å². The molecule has 1 N–H and O–H groups in total. The largest absolute Gasteiger partial charge is 0.364 e. The highest BCUT2D eigenvalue weighted by Crippen LogP contribution is 2.39. The van der Waals surface area contributed by atoms with Gasteiger partial charge in [0.25, 0.3) is 5.91 Å². The van der Waals surface area contributed by atoms with E-state index < -0.39 is 5.60 Å². The zero-order chi connectivity index (χ0) is 17.7. The van der Waals surface area contributed by atoms with Crippen molar-refractivity contribution in [3.8, 4) is 0 Å². The van der Waals surface area contributed by atoms with Gasteiger partial charge in [-0.15, -0.1) is 0 Å². The Kier molecular flexibility index (Phi) is 4.91. The predicted molar refractivity (Wildman–Crippen MR) is 97.4 cm³/mol. The third-order valence-electron chi connectivity index (χ3n) is 4.31. The monoisotopic (exact) mass is 332 g/mol. The molecule has 126 valence electrons. The van der Waals surface area contributed by atoms with Crippen LogP contribution in [0.5, 0.6) is 0 Å². The van der Waals surface area contributed by atoms with Crippen molar-refractivity contribution in [3.05, 3.63) is 101 Å². The average molecular weight is 332 g/mol. The number of benzene rings is 2. The van der Waals surface area contributed by atoms with E-state index in [4.69, 9.17) is 4.74 Å². The maximum Gasteiger partial charge on any atom is 0.251 e. The number of nitrogens with zero attached hydrogens (tertiary/aromatic N) is 1. The van der Waals surface area contributed by atoms with Crippen LogP contribution in [0.15, 0.2) is 79.1 Å². The van der Waals surface area contributed by atoms with Gasteiger partial charge in [0.1, 0.15) is 5.60 Å². The quantitative estimate of drug-likeness (QED) is 0.779. The summed E-state index contributed by atoms with van der Waals surface area (Å²) in [7, 11) is 3.30. The van der Waals surface area contributed by atoms with Gasteiger partial charge in [0.05, 0.1) is 0 Å². The van der Waals surface area contributed by atoms with Crippen molar-refractivity contribution >= 4 is 5.91 Å². The number of carbonyl (C=O) groups is 1. The van der Waals surface area contributed by atoms with Crippen molar-refractivity contribution in [2.24, 2.45) is 0 Å².